The Morgan fingerprint density at radius 2 is 1.90 bits per heavy atom. The number of hydrogen-bond acceptors (Lipinski definition) is 5. The quantitative estimate of drug-likeness (QED) is 0.641. The predicted molar refractivity (Wildman–Crippen MR) is 122 cm³/mol. The Morgan fingerprint density at radius 1 is 1.21 bits per heavy atom. The van der Waals surface area contributed by atoms with Gasteiger partial charge in [-0.2, -0.15) is 0 Å². The second-order valence-corrected chi connectivity index (χ2v) is 10.7. The van der Waals surface area contributed by atoms with E-state index in [9.17, 15) is 9.59 Å². The third kappa shape index (κ3) is 5.41. The summed E-state index contributed by atoms with van der Waals surface area (Å²) in [6.07, 6.45) is 1.05. The fourth-order valence-electron chi connectivity index (χ4n) is 3.53. The van der Waals surface area contributed by atoms with Gasteiger partial charge in [0.25, 0.3) is 5.91 Å². The standard InChI is InChI=1S/C22H29N3O2S2/c1-13(2)25-10-9-17-18(12-25)29-22(20(17)21(23)27)24-19(26)11-15-5-7-16(8-6-15)28-14(3)4/h5-8,13-14H,9-12H2,1-4H3,(H2,23,27)(H,24,26). The Hall–Kier alpha value is -1.83. The second-order valence-electron chi connectivity index (χ2n) is 7.92. The van der Waals surface area contributed by atoms with E-state index in [2.05, 4.69) is 37.9 Å². The number of nitrogens with two attached hydrogens (primary N) is 1. The van der Waals surface area contributed by atoms with Gasteiger partial charge in [0.05, 0.1) is 12.0 Å². The summed E-state index contributed by atoms with van der Waals surface area (Å²) < 4.78 is 0. The fraction of sp³-hybridized carbons (Fsp3) is 0.455. The first kappa shape index (κ1) is 21.9. The normalized spacial score (nSPS) is 14.3. The van der Waals surface area contributed by atoms with Crippen molar-refractivity contribution in [3.63, 3.8) is 0 Å². The summed E-state index contributed by atoms with van der Waals surface area (Å²) in [5.74, 6) is -0.595. The minimum absolute atomic E-state index is 0.129. The van der Waals surface area contributed by atoms with Crippen molar-refractivity contribution in [2.45, 2.75) is 63.3 Å². The van der Waals surface area contributed by atoms with Gasteiger partial charge in [-0.25, -0.2) is 0 Å². The lowest BCUT2D eigenvalue weighted by molar-refractivity contribution is -0.115. The average Bonchev–Trinajstić information content (AvgIpc) is 2.99. The number of nitrogens with zero attached hydrogens (tertiary/aromatic N) is 1. The molecule has 0 spiro atoms. The van der Waals surface area contributed by atoms with Crippen molar-refractivity contribution in [3.05, 3.63) is 45.8 Å². The van der Waals surface area contributed by atoms with Crippen molar-refractivity contribution < 1.29 is 9.59 Å². The molecule has 0 saturated heterocycles. The van der Waals surface area contributed by atoms with Gasteiger partial charge in [0.1, 0.15) is 5.00 Å². The number of hydrogen-bond donors (Lipinski definition) is 2. The Bertz CT molecular complexity index is 888. The highest BCUT2D eigenvalue weighted by Gasteiger charge is 2.28. The van der Waals surface area contributed by atoms with Crippen molar-refractivity contribution in [1.82, 2.24) is 4.90 Å². The molecule has 3 N–H and O–H groups in total. The van der Waals surface area contributed by atoms with Crippen LogP contribution < -0.4 is 11.1 Å². The molecule has 2 aromatic rings. The summed E-state index contributed by atoms with van der Waals surface area (Å²) in [5, 5.41) is 4.05. The third-order valence-electron chi connectivity index (χ3n) is 4.98. The molecule has 0 bridgehead atoms. The number of fused-ring (bicyclic) bond motifs is 1. The Balaban J connectivity index is 1.72. The first-order valence-corrected chi connectivity index (χ1v) is 11.7. The molecule has 1 aromatic heterocycles. The molecule has 1 aliphatic heterocycles. The molecule has 0 saturated carbocycles. The third-order valence-corrected chi connectivity index (χ3v) is 7.12. The minimum Gasteiger partial charge on any atom is -0.365 e. The molecule has 2 amide bonds. The van der Waals surface area contributed by atoms with Crippen LogP contribution in [0.15, 0.2) is 29.2 Å². The number of carbonyl (C=O) groups excluding carboxylic acids is 2. The summed E-state index contributed by atoms with van der Waals surface area (Å²) in [6.45, 7) is 10.3. The first-order valence-electron chi connectivity index (χ1n) is 9.98. The van der Waals surface area contributed by atoms with E-state index in [1.165, 1.54) is 16.2 Å². The Labute approximate surface area is 181 Å². The van der Waals surface area contributed by atoms with Crippen LogP contribution in [0.4, 0.5) is 5.00 Å². The molecule has 1 aromatic carbocycles. The Kier molecular flexibility index (Phi) is 7.03. The molecule has 0 fully saturated rings. The molecular formula is C22H29N3O2S2. The zero-order valence-corrected chi connectivity index (χ0v) is 19.1. The smallest absolute Gasteiger partial charge is 0.251 e. The second kappa shape index (κ2) is 9.32. The van der Waals surface area contributed by atoms with E-state index in [1.807, 2.05) is 24.3 Å². The zero-order chi connectivity index (χ0) is 21.1. The van der Waals surface area contributed by atoms with Crippen LogP contribution in [0, 0.1) is 0 Å². The summed E-state index contributed by atoms with van der Waals surface area (Å²) in [4.78, 5) is 29.4. The summed E-state index contributed by atoms with van der Waals surface area (Å²) >= 11 is 3.28. The lowest BCUT2D eigenvalue weighted by atomic mass is 10.0. The van der Waals surface area contributed by atoms with E-state index in [0.717, 1.165) is 35.5 Å². The average molecular weight is 432 g/mol. The Morgan fingerprint density at radius 3 is 2.48 bits per heavy atom. The van der Waals surface area contributed by atoms with Gasteiger partial charge in [-0.3, -0.25) is 14.5 Å². The van der Waals surface area contributed by atoms with Crippen LogP contribution in [0.5, 0.6) is 0 Å². The molecule has 2 heterocycles. The molecule has 0 unspecified atom stereocenters. The maximum absolute atomic E-state index is 12.6. The summed E-state index contributed by atoms with van der Waals surface area (Å²) in [6, 6.07) is 8.51. The maximum Gasteiger partial charge on any atom is 0.251 e. The number of thiophene rings is 1. The van der Waals surface area contributed by atoms with Crippen molar-refractivity contribution in [3.8, 4) is 0 Å². The highest BCUT2D eigenvalue weighted by molar-refractivity contribution is 7.99. The fourth-order valence-corrected chi connectivity index (χ4v) is 5.66. The van der Waals surface area contributed by atoms with Crippen LogP contribution in [-0.4, -0.2) is 34.6 Å². The lowest BCUT2D eigenvalue weighted by Gasteiger charge is -2.30. The van der Waals surface area contributed by atoms with E-state index < -0.39 is 5.91 Å². The largest absolute Gasteiger partial charge is 0.365 e. The topological polar surface area (TPSA) is 75.4 Å². The number of thioether (sulfide) groups is 1. The van der Waals surface area contributed by atoms with Gasteiger partial charge in [0.2, 0.25) is 5.91 Å². The van der Waals surface area contributed by atoms with Crippen molar-refractivity contribution in [2.24, 2.45) is 5.73 Å². The highest BCUT2D eigenvalue weighted by atomic mass is 32.2. The van der Waals surface area contributed by atoms with Gasteiger partial charge in [0.15, 0.2) is 0 Å². The lowest BCUT2D eigenvalue weighted by Crippen LogP contribution is -2.35. The SMILES string of the molecule is CC(C)Sc1ccc(CC(=O)Nc2sc3c(c2C(N)=O)CCN(C(C)C)C3)cc1. The van der Waals surface area contributed by atoms with Crippen LogP contribution in [-0.2, 0) is 24.2 Å². The monoisotopic (exact) mass is 431 g/mol. The van der Waals surface area contributed by atoms with Crippen LogP contribution in [0.1, 0.15) is 54.1 Å². The molecule has 0 aliphatic carbocycles. The first-order chi connectivity index (χ1) is 13.7. The maximum atomic E-state index is 12.6. The van der Waals surface area contributed by atoms with E-state index in [4.69, 9.17) is 5.73 Å². The number of benzene rings is 1. The van der Waals surface area contributed by atoms with Crippen molar-refractivity contribution in [2.75, 3.05) is 11.9 Å². The van der Waals surface area contributed by atoms with E-state index in [0.29, 0.717) is 21.9 Å². The van der Waals surface area contributed by atoms with E-state index in [-0.39, 0.29) is 12.3 Å². The number of amides is 2. The van der Waals surface area contributed by atoms with Gasteiger partial charge in [-0.05, 0) is 43.5 Å². The molecule has 3 rings (SSSR count). The number of nitrogens with one attached hydrogen (secondary N) is 1. The molecule has 0 radical (unpaired) electrons. The van der Waals surface area contributed by atoms with Crippen molar-refractivity contribution in [1.29, 1.82) is 0 Å². The number of rotatable bonds is 7. The van der Waals surface area contributed by atoms with Crippen LogP contribution in [0.3, 0.4) is 0 Å². The van der Waals surface area contributed by atoms with Gasteiger partial charge in [-0.1, -0.05) is 26.0 Å². The van der Waals surface area contributed by atoms with Crippen molar-refractivity contribution >= 4 is 39.9 Å². The number of primary amides is 1. The predicted octanol–water partition coefficient (Wildman–Crippen LogP) is 4.30. The van der Waals surface area contributed by atoms with Gasteiger partial charge in [-0.15, -0.1) is 23.1 Å². The molecule has 0 atom stereocenters. The zero-order valence-electron chi connectivity index (χ0n) is 17.5. The van der Waals surface area contributed by atoms with Gasteiger partial charge in [0, 0.05) is 34.2 Å². The van der Waals surface area contributed by atoms with Crippen LogP contribution in [0.25, 0.3) is 0 Å². The molecule has 7 heteroatoms. The molecular weight excluding hydrogens is 402 g/mol. The molecule has 29 heavy (non-hydrogen) atoms. The summed E-state index contributed by atoms with van der Waals surface area (Å²) in [5.41, 5.74) is 8.11. The number of carbonyl (C=O) groups is 2. The molecule has 5 nitrogen and oxygen atoms in total. The minimum atomic E-state index is -0.467. The van der Waals surface area contributed by atoms with E-state index >= 15 is 0 Å². The summed E-state index contributed by atoms with van der Waals surface area (Å²) in [7, 11) is 0. The van der Waals surface area contributed by atoms with E-state index in [1.54, 1.807) is 11.8 Å². The number of anilines is 1. The molecule has 156 valence electrons. The molecule has 1 aliphatic rings. The van der Waals surface area contributed by atoms with Crippen LogP contribution >= 0.6 is 23.1 Å². The van der Waals surface area contributed by atoms with Crippen LogP contribution in [0.2, 0.25) is 0 Å². The van der Waals surface area contributed by atoms with Gasteiger partial charge >= 0.3 is 0 Å². The highest BCUT2D eigenvalue weighted by Crippen LogP contribution is 2.37. The van der Waals surface area contributed by atoms with Gasteiger partial charge < -0.3 is 11.1 Å².